The van der Waals surface area contributed by atoms with Crippen LogP contribution in [0.5, 0.6) is 0 Å². The fourth-order valence-corrected chi connectivity index (χ4v) is 2.95. The molecule has 1 N–H and O–H groups in total. The molecule has 0 amide bonds. The first kappa shape index (κ1) is 14.8. The van der Waals surface area contributed by atoms with Gasteiger partial charge in [-0.2, -0.15) is 10.1 Å². The van der Waals surface area contributed by atoms with Crippen LogP contribution in [-0.4, -0.2) is 47.4 Å². The fourth-order valence-electron chi connectivity index (χ4n) is 2.95. The summed E-state index contributed by atoms with van der Waals surface area (Å²) in [4.78, 5) is 13.7. The molecule has 0 bridgehead atoms. The Balaban J connectivity index is 1.85. The van der Waals surface area contributed by atoms with E-state index in [-0.39, 0.29) is 0 Å². The second-order valence-corrected chi connectivity index (χ2v) is 6.06. The Hall–Kier alpha value is -2.11. The normalized spacial score (nSPS) is 18.5. The molecule has 1 atom stereocenters. The van der Waals surface area contributed by atoms with Gasteiger partial charge in [-0.05, 0) is 25.3 Å². The van der Waals surface area contributed by atoms with E-state index >= 15 is 0 Å². The molecule has 0 radical (unpaired) electrons. The van der Waals surface area contributed by atoms with Gasteiger partial charge in [-0.15, -0.1) is 0 Å². The Morgan fingerprint density at radius 2 is 2.23 bits per heavy atom. The largest absolute Gasteiger partial charge is 0.356 e. The van der Waals surface area contributed by atoms with Crippen molar-refractivity contribution < 1.29 is 0 Å². The van der Waals surface area contributed by atoms with Crippen molar-refractivity contribution in [2.24, 2.45) is 0 Å². The molecule has 1 aliphatic heterocycles. The lowest BCUT2D eigenvalue weighted by Gasteiger charge is -2.33. The topological polar surface area (TPSA) is 60.9 Å². The minimum absolute atomic E-state index is 0.499. The van der Waals surface area contributed by atoms with Crippen LogP contribution in [0.4, 0.5) is 11.8 Å². The summed E-state index contributed by atoms with van der Waals surface area (Å²) in [5.74, 6) is 2.33. The van der Waals surface area contributed by atoms with E-state index < -0.39 is 0 Å². The van der Waals surface area contributed by atoms with Crippen LogP contribution >= 0.6 is 0 Å². The highest BCUT2D eigenvalue weighted by Crippen LogP contribution is 2.28. The molecule has 6 heteroatoms. The second kappa shape index (κ2) is 6.34. The maximum atomic E-state index is 4.74. The molecular formula is C16H24N6. The molecule has 118 valence electrons. The van der Waals surface area contributed by atoms with Crippen LogP contribution in [0.2, 0.25) is 0 Å². The smallest absolute Gasteiger partial charge is 0.227 e. The van der Waals surface area contributed by atoms with Gasteiger partial charge in [-0.25, -0.2) is 4.98 Å². The number of aromatic nitrogens is 4. The zero-order chi connectivity index (χ0) is 15.5. The summed E-state index contributed by atoms with van der Waals surface area (Å²) < 4.78 is 0. The molecule has 0 aliphatic carbocycles. The molecule has 0 spiro atoms. The van der Waals surface area contributed by atoms with Crippen molar-refractivity contribution in [2.75, 3.05) is 37.0 Å². The number of rotatable bonds is 4. The minimum Gasteiger partial charge on any atom is -0.356 e. The molecule has 6 nitrogen and oxygen atoms in total. The lowest BCUT2D eigenvalue weighted by Crippen LogP contribution is -2.35. The lowest BCUT2D eigenvalue weighted by molar-refractivity contribution is 0.497. The van der Waals surface area contributed by atoms with Crippen molar-refractivity contribution in [1.82, 2.24) is 20.2 Å². The van der Waals surface area contributed by atoms with E-state index in [0.717, 1.165) is 37.0 Å². The molecule has 0 aromatic carbocycles. The molecule has 0 saturated carbocycles. The lowest BCUT2D eigenvalue weighted by atomic mass is 9.95. The Kier molecular flexibility index (Phi) is 4.27. The van der Waals surface area contributed by atoms with Crippen LogP contribution in [0.3, 0.4) is 0 Å². The number of hydrogen-bond acceptors (Lipinski definition) is 5. The number of H-pyrrole nitrogens is 1. The predicted octanol–water partition coefficient (Wildman–Crippen LogP) is 2.21. The van der Waals surface area contributed by atoms with E-state index in [9.17, 15) is 0 Å². The third-order valence-corrected chi connectivity index (χ3v) is 4.22. The Morgan fingerprint density at radius 3 is 2.91 bits per heavy atom. The summed E-state index contributed by atoms with van der Waals surface area (Å²) in [6, 6.07) is 4.21. The maximum Gasteiger partial charge on any atom is 0.227 e. The van der Waals surface area contributed by atoms with Crippen molar-refractivity contribution in [2.45, 2.75) is 32.1 Å². The van der Waals surface area contributed by atoms with E-state index in [4.69, 9.17) is 4.98 Å². The monoisotopic (exact) mass is 300 g/mol. The third kappa shape index (κ3) is 3.05. The van der Waals surface area contributed by atoms with Gasteiger partial charge in [0.25, 0.3) is 0 Å². The van der Waals surface area contributed by atoms with Gasteiger partial charge >= 0.3 is 0 Å². The molecule has 1 unspecified atom stereocenters. The Bertz CT molecular complexity index is 607. The van der Waals surface area contributed by atoms with Crippen LogP contribution in [0.1, 0.15) is 37.1 Å². The van der Waals surface area contributed by atoms with Gasteiger partial charge in [0.15, 0.2) is 0 Å². The molecule has 2 aromatic rings. The first-order chi connectivity index (χ1) is 10.7. The zero-order valence-electron chi connectivity index (χ0n) is 13.6. The van der Waals surface area contributed by atoms with Crippen molar-refractivity contribution in [3.63, 3.8) is 0 Å². The molecule has 3 rings (SSSR count). The van der Waals surface area contributed by atoms with Gasteiger partial charge < -0.3 is 9.80 Å². The maximum absolute atomic E-state index is 4.74. The SMILES string of the molecule is CCc1cc(N2CCCC(c3ccn[nH]3)C2)nc(N(C)C)n1. The quantitative estimate of drug-likeness (QED) is 0.938. The molecule has 2 aromatic heterocycles. The predicted molar refractivity (Wildman–Crippen MR) is 88.5 cm³/mol. The highest BCUT2D eigenvalue weighted by atomic mass is 15.3. The second-order valence-electron chi connectivity index (χ2n) is 6.06. The van der Waals surface area contributed by atoms with Gasteiger partial charge in [0.2, 0.25) is 5.95 Å². The van der Waals surface area contributed by atoms with Gasteiger partial charge in [0, 0.05) is 56.8 Å². The highest BCUT2D eigenvalue weighted by Gasteiger charge is 2.24. The van der Waals surface area contributed by atoms with Crippen LogP contribution < -0.4 is 9.80 Å². The van der Waals surface area contributed by atoms with Crippen LogP contribution in [0.25, 0.3) is 0 Å². The Labute approximate surface area is 131 Å². The summed E-state index contributed by atoms with van der Waals surface area (Å²) in [6.45, 7) is 4.17. The highest BCUT2D eigenvalue weighted by molar-refractivity contribution is 5.46. The molecule has 1 aliphatic rings. The summed E-state index contributed by atoms with van der Waals surface area (Å²) in [6.07, 6.45) is 5.13. The molecular weight excluding hydrogens is 276 g/mol. The standard InChI is InChI=1S/C16H24N6/c1-4-13-10-15(19-16(18-13)21(2)3)22-9-5-6-12(11-22)14-7-8-17-20-14/h7-8,10,12H,4-6,9,11H2,1-3H3,(H,17,20). The number of nitrogens with one attached hydrogen (secondary N) is 1. The van der Waals surface area contributed by atoms with E-state index in [0.29, 0.717) is 5.92 Å². The summed E-state index contributed by atoms with van der Waals surface area (Å²) in [5.41, 5.74) is 2.32. The Morgan fingerprint density at radius 1 is 1.36 bits per heavy atom. The van der Waals surface area contributed by atoms with Gasteiger partial charge in [0.1, 0.15) is 5.82 Å². The van der Waals surface area contributed by atoms with Crippen LogP contribution in [-0.2, 0) is 6.42 Å². The third-order valence-electron chi connectivity index (χ3n) is 4.22. The van der Waals surface area contributed by atoms with E-state index in [1.54, 1.807) is 0 Å². The number of aromatic amines is 1. The number of piperidine rings is 1. The number of anilines is 2. The fraction of sp³-hybridized carbons (Fsp3) is 0.562. The van der Waals surface area contributed by atoms with Crippen molar-refractivity contribution in [3.05, 3.63) is 29.7 Å². The summed E-state index contributed by atoms with van der Waals surface area (Å²) >= 11 is 0. The molecule has 22 heavy (non-hydrogen) atoms. The summed E-state index contributed by atoms with van der Waals surface area (Å²) in [7, 11) is 3.98. The van der Waals surface area contributed by atoms with Crippen molar-refractivity contribution in [3.8, 4) is 0 Å². The van der Waals surface area contributed by atoms with E-state index in [2.05, 4.69) is 39.1 Å². The van der Waals surface area contributed by atoms with Crippen LogP contribution in [0.15, 0.2) is 18.3 Å². The van der Waals surface area contributed by atoms with Gasteiger partial charge in [-0.1, -0.05) is 6.92 Å². The zero-order valence-corrected chi connectivity index (χ0v) is 13.6. The van der Waals surface area contributed by atoms with Crippen molar-refractivity contribution >= 4 is 11.8 Å². The number of nitrogens with zero attached hydrogens (tertiary/aromatic N) is 5. The first-order valence-corrected chi connectivity index (χ1v) is 7.97. The molecule has 3 heterocycles. The van der Waals surface area contributed by atoms with Gasteiger partial charge in [0.05, 0.1) is 0 Å². The minimum atomic E-state index is 0.499. The van der Waals surface area contributed by atoms with Crippen molar-refractivity contribution in [1.29, 1.82) is 0 Å². The average molecular weight is 300 g/mol. The number of aryl methyl sites for hydroxylation is 1. The van der Waals surface area contributed by atoms with Gasteiger partial charge in [-0.3, -0.25) is 5.10 Å². The molecule has 1 fully saturated rings. The van der Waals surface area contributed by atoms with E-state index in [1.165, 1.54) is 18.5 Å². The molecule has 1 saturated heterocycles. The van der Waals surface area contributed by atoms with Crippen LogP contribution in [0, 0.1) is 0 Å². The number of hydrogen-bond donors (Lipinski definition) is 1. The first-order valence-electron chi connectivity index (χ1n) is 7.97. The summed E-state index contributed by atoms with van der Waals surface area (Å²) in [5, 5.41) is 7.20. The average Bonchev–Trinajstić information content (AvgIpc) is 3.09. The van der Waals surface area contributed by atoms with E-state index in [1.807, 2.05) is 25.2 Å².